The first-order valence-electron chi connectivity index (χ1n) is 16.2. The van der Waals surface area contributed by atoms with Crippen molar-refractivity contribution in [1.82, 2.24) is 30.6 Å². The Balaban J connectivity index is 1.34. The summed E-state index contributed by atoms with van der Waals surface area (Å²) >= 11 is 0. The molecule has 3 atom stereocenters. The molecule has 1 aliphatic carbocycles. The largest absolute Gasteiger partial charge is 0.378 e. The summed E-state index contributed by atoms with van der Waals surface area (Å²) in [6, 6.07) is 12.8. The smallest absolute Gasteiger partial charge is 0.225 e. The lowest BCUT2D eigenvalue weighted by atomic mass is 9.92. The molecule has 0 saturated heterocycles. The Labute approximate surface area is 267 Å². The van der Waals surface area contributed by atoms with Crippen LogP contribution in [-0.2, 0) is 11.2 Å². The summed E-state index contributed by atoms with van der Waals surface area (Å²) in [5.41, 5.74) is 8.17. The molecule has 2 heterocycles. The maximum atomic E-state index is 12.7. The summed E-state index contributed by atoms with van der Waals surface area (Å²) in [5, 5.41) is 17.3. The number of aromatic nitrogens is 4. The van der Waals surface area contributed by atoms with Gasteiger partial charge in [-0.3, -0.25) is 10.1 Å². The topological polar surface area (TPSA) is 119 Å². The standard InChI is InChI=1S/C37H50N6O2/c1-20(2)30(42-34(44)36(5,6)7)32-38-18-28(40-32)22-11-13-26-24(15-22)17-25-16-23(12-14-27(25)26)29-19-39-33(41-29)31(21(3)4)43-35(45)37(8,9)10/h11-16,18-21,30-31,34,42,44H,17H2,1-10H3,(H,38,40)(H,39,41)(H,43,45)/t30-,31-,34?/m0/s1. The number of aromatic amines is 2. The molecule has 0 spiro atoms. The van der Waals surface area contributed by atoms with Gasteiger partial charge in [-0.25, -0.2) is 9.97 Å². The van der Waals surface area contributed by atoms with Crippen LogP contribution >= 0.6 is 0 Å². The summed E-state index contributed by atoms with van der Waals surface area (Å²) in [6.07, 6.45) is 4.08. The summed E-state index contributed by atoms with van der Waals surface area (Å²) in [6.45, 7) is 20.3. The van der Waals surface area contributed by atoms with Crippen LogP contribution in [0.3, 0.4) is 0 Å². The number of benzene rings is 2. The Morgan fingerprint density at radius 2 is 1.24 bits per heavy atom. The minimum Gasteiger partial charge on any atom is -0.378 e. The molecule has 0 bridgehead atoms. The number of aliphatic hydroxyl groups excluding tert-OH is 1. The molecule has 1 aliphatic rings. The van der Waals surface area contributed by atoms with Crippen molar-refractivity contribution in [2.24, 2.45) is 22.7 Å². The van der Waals surface area contributed by atoms with Crippen molar-refractivity contribution in [3.63, 3.8) is 0 Å². The Morgan fingerprint density at radius 1 is 0.778 bits per heavy atom. The van der Waals surface area contributed by atoms with Gasteiger partial charge >= 0.3 is 0 Å². The SMILES string of the molecule is CC(C)[C@H](NC(=O)C(C)(C)C)c1nc(-c2ccc3c(c2)Cc2cc(-c4c[nH]c([C@@H](NC(O)C(C)(C)C)C(C)C)n4)ccc2-3)c[nH]1. The molecule has 2 aromatic carbocycles. The molecule has 8 nitrogen and oxygen atoms in total. The highest BCUT2D eigenvalue weighted by molar-refractivity contribution is 5.82. The molecule has 8 heteroatoms. The van der Waals surface area contributed by atoms with E-state index in [2.05, 4.69) is 84.7 Å². The van der Waals surface area contributed by atoms with Crippen molar-refractivity contribution >= 4 is 5.91 Å². The highest BCUT2D eigenvalue weighted by Crippen LogP contribution is 2.40. The van der Waals surface area contributed by atoms with Gasteiger partial charge in [0.15, 0.2) is 0 Å². The van der Waals surface area contributed by atoms with Gasteiger partial charge in [0.1, 0.15) is 17.9 Å². The predicted molar refractivity (Wildman–Crippen MR) is 181 cm³/mol. The van der Waals surface area contributed by atoms with Crippen molar-refractivity contribution in [2.75, 3.05) is 0 Å². The Bertz CT molecular complexity index is 1670. The predicted octanol–water partition coefficient (Wildman–Crippen LogP) is 7.55. The summed E-state index contributed by atoms with van der Waals surface area (Å²) in [7, 11) is 0. The third-order valence-electron chi connectivity index (χ3n) is 8.72. The first-order chi connectivity index (χ1) is 21.0. The molecule has 240 valence electrons. The van der Waals surface area contributed by atoms with Gasteiger partial charge in [-0.05, 0) is 52.6 Å². The van der Waals surface area contributed by atoms with Crippen LogP contribution in [-0.4, -0.2) is 37.2 Å². The van der Waals surface area contributed by atoms with E-state index in [9.17, 15) is 9.90 Å². The van der Waals surface area contributed by atoms with Crippen LogP contribution < -0.4 is 10.6 Å². The van der Waals surface area contributed by atoms with Gasteiger partial charge in [0.05, 0.1) is 23.5 Å². The average molecular weight is 611 g/mol. The zero-order valence-electron chi connectivity index (χ0n) is 28.5. The Morgan fingerprint density at radius 3 is 1.67 bits per heavy atom. The average Bonchev–Trinajstić information content (AvgIpc) is 3.70. The van der Waals surface area contributed by atoms with E-state index in [1.807, 2.05) is 53.9 Å². The second kappa shape index (κ2) is 12.2. The van der Waals surface area contributed by atoms with Crippen LogP contribution in [0.15, 0.2) is 48.8 Å². The molecule has 0 saturated carbocycles. The van der Waals surface area contributed by atoms with Crippen LogP contribution in [0.2, 0.25) is 0 Å². The van der Waals surface area contributed by atoms with Crippen LogP contribution in [0.5, 0.6) is 0 Å². The molecule has 0 fully saturated rings. The molecule has 0 aliphatic heterocycles. The van der Waals surface area contributed by atoms with E-state index >= 15 is 0 Å². The van der Waals surface area contributed by atoms with Crippen LogP contribution in [0.25, 0.3) is 33.6 Å². The van der Waals surface area contributed by atoms with Crippen molar-refractivity contribution in [3.05, 3.63) is 71.6 Å². The third kappa shape index (κ3) is 6.92. The van der Waals surface area contributed by atoms with E-state index < -0.39 is 11.6 Å². The quantitative estimate of drug-likeness (QED) is 0.110. The molecular weight excluding hydrogens is 560 g/mol. The van der Waals surface area contributed by atoms with E-state index in [0.29, 0.717) is 0 Å². The second-order valence-corrected chi connectivity index (χ2v) is 15.4. The number of amides is 1. The highest BCUT2D eigenvalue weighted by Gasteiger charge is 2.30. The van der Waals surface area contributed by atoms with Crippen LogP contribution in [0.4, 0.5) is 0 Å². The maximum Gasteiger partial charge on any atom is 0.225 e. The van der Waals surface area contributed by atoms with Gasteiger partial charge in [0.25, 0.3) is 0 Å². The fourth-order valence-electron chi connectivity index (χ4n) is 5.73. The van der Waals surface area contributed by atoms with E-state index in [-0.39, 0.29) is 35.2 Å². The van der Waals surface area contributed by atoms with Gasteiger partial charge in [0.2, 0.25) is 5.91 Å². The number of fused-ring (bicyclic) bond motifs is 3. The first kappa shape index (κ1) is 32.6. The number of carbonyl (C=O) groups excluding carboxylic acids is 1. The fourth-order valence-corrected chi connectivity index (χ4v) is 5.73. The van der Waals surface area contributed by atoms with Crippen molar-refractivity contribution in [3.8, 4) is 33.6 Å². The molecule has 1 amide bonds. The number of carbonyl (C=O) groups is 1. The normalized spacial score (nSPS) is 15.2. The van der Waals surface area contributed by atoms with Gasteiger partial charge in [-0.2, -0.15) is 0 Å². The van der Waals surface area contributed by atoms with Crippen molar-refractivity contribution in [2.45, 2.75) is 94.0 Å². The minimum atomic E-state index is -0.652. The number of hydrogen-bond acceptors (Lipinski definition) is 5. The molecule has 2 aromatic heterocycles. The lowest BCUT2D eigenvalue weighted by molar-refractivity contribution is -0.129. The number of nitrogens with one attached hydrogen (secondary N) is 4. The maximum absolute atomic E-state index is 12.7. The van der Waals surface area contributed by atoms with E-state index in [0.717, 1.165) is 40.6 Å². The number of rotatable bonds is 9. The van der Waals surface area contributed by atoms with Gasteiger partial charge < -0.3 is 20.4 Å². The van der Waals surface area contributed by atoms with Crippen LogP contribution in [0, 0.1) is 22.7 Å². The van der Waals surface area contributed by atoms with Gasteiger partial charge in [-0.1, -0.05) is 93.5 Å². The fraction of sp³-hybridized carbons (Fsp3) is 0.486. The monoisotopic (exact) mass is 610 g/mol. The lowest BCUT2D eigenvalue weighted by Gasteiger charge is -2.31. The van der Waals surface area contributed by atoms with E-state index in [1.165, 1.54) is 22.3 Å². The van der Waals surface area contributed by atoms with Gasteiger partial charge in [-0.15, -0.1) is 0 Å². The highest BCUT2D eigenvalue weighted by atomic mass is 16.3. The Kier molecular flexibility index (Phi) is 8.86. The van der Waals surface area contributed by atoms with E-state index in [1.54, 1.807) is 0 Å². The second-order valence-electron chi connectivity index (χ2n) is 15.4. The molecule has 4 aromatic rings. The van der Waals surface area contributed by atoms with E-state index in [4.69, 9.17) is 9.97 Å². The number of imidazole rings is 2. The van der Waals surface area contributed by atoms with Crippen molar-refractivity contribution in [1.29, 1.82) is 0 Å². The molecule has 1 unspecified atom stereocenters. The molecule has 5 N–H and O–H groups in total. The Hall–Kier alpha value is -3.75. The summed E-state index contributed by atoms with van der Waals surface area (Å²) in [5.74, 6) is 2.04. The lowest BCUT2D eigenvalue weighted by Crippen LogP contribution is -2.43. The number of nitrogens with zero attached hydrogens (tertiary/aromatic N) is 2. The van der Waals surface area contributed by atoms with Crippen molar-refractivity contribution < 1.29 is 9.90 Å². The number of aliphatic hydroxyl groups is 1. The van der Waals surface area contributed by atoms with Gasteiger partial charge in [0, 0.05) is 34.4 Å². The molecular formula is C37H50N6O2. The minimum absolute atomic E-state index is 0.00983. The first-order valence-corrected chi connectivity index (χ1v) is 16.2. The summed E-state index contributed by atoms with van der Waals surface area (Å²) < 4.78 is 0. The molecule has 0 radical (unpaired) electrons. The summed E-state index contributed by atoms with van der Waals surface area (Å²) in [4.78, 5) is 29.3. The number of H-pyrrole nitrogens is 2. The third-order valence-corrected chi connectivity index (χ3v) is 8.72. The zero-order chi connectivity index (χ0) is 32.8. The zero-order valence-corrected chi connectivity index (χ0v) is 28.5. The van der Waals surface area contributed by atoms with Crippen LogP contribution in [0.1, 0.15) is 104 Å². The number of hydrogen-bond donors (Lipinski definition) is 5. The molecule has 45 heavy (non-hydrogen) atoms. The molecule has 5 rings (SSSR count).